The van der Waals surface area contributed by atoms with E-state index < -0.39 is 11.0 Å². The van der Waals surface area contributed by atoms with Crippen molar-refractivity contribution in [2.75, 3.05) is 7.11 Å². The standard InChI is InChI=1S/C20H24O4/c1-11-9-19-10-12(11)5-6-13(19)20-8-4-7-18(2,17(22)24-20)15(20)14(19)16(21)23-3/h6,12,14-15H,1,4-5,7-10H2,2-3H3/t12?,14-,15-,18?,19+,20-/m1/s1. The molecule has 1 aliphatic heterocycles. The molecule has 4 fully saturated rings. The molecule has 0 N–H and O–H groups in total. The molecular formula is C20H24O4. The molecule has 6 atom stereocenters. The third-order valence-electron chi connectivity index (χ3n) is 7.89. The number of hydrogen-bond acceptors (Lipinski definition) is 4. The van der Waals surface area contributed by atoms with Crippen LogP contribution in [0.25, 0.3) is 0 Å². The van der Waals surface area contributed by atoms with E-state index in [1.54, 1.807) is 0 Å². The lowest BCUT2D eigenvalue weighted by molar-refractivity contribution is -0.154. The predicted molar refractivity (Wildman–Crippen MR) is 86.8 cm³/mol. The summed E-state index contributed by atoms with van der Waals surface area (Å²) in [5, 5.41) is 0. The quantitative estimate of drug-likeness (QED) is 0.548. The van der Waals surface area contributed by atoms with Crippen molar-refractivity contribution in [1.29, 1.82) is 0 Å². The van der Waals surface area contributed by atoms with Gasteiger partial charge in [-0.05, 0) is 56.9 Å². The minimum Gasteiger partial charge on any atom is -0.469 e. The van der Waals surface area contributed by atoms with Crippen LogP contribution in [0.4, 0.5) is 0 Å². The number of fused-ring (bicyclic) bond motifs is 1. The van der Waals surface area contributed by atoms with Gasteiger partial charge in [-0.3, -0.25) is 9.59 Å². The van der Waals surface area contributed by atoms with E-state index in [1.165, 1.54) is 18.3 Å². The summed E-state index contributed by atoms with van der Waals surface area (Å²) in [5.74, 6) is -0.204. The molecule has 4 heteroatoms. The van der Waals surface area contributed by atoms with Gasteiger partial charge in [0.15, 0.2) is 0 Å². The molecule has 0 radical (unpaired) electrons. The SMILES string of the molecule is C=C1C[C@]23CC1CC=C2[C@@]12CCCC(C)(C(=O)O1)[C@H]2[C@@H]3C(=O)OC. The Morgan fingerprint density at radius 2 is 2.21 bits per heavy atom. The average Bonchev–Trinajstić information content (AvgIpc) is 2.99. The summed E-state index contributed by atoms with van der Waals surface area (Å²) in [6.07, 6.45) is 7.68. The second kappa shape index (κ2) is 4.14. The van der Waals surface area contributed by atoms with Gasteiger partial charge in [-0.25, -0.2) is 0 Å². The van der Waals surface area contributed by atoms with Crippen molar-refractivity contribution >= 4 is 11.9 Å². The normalized spacial score (nSPS) is 50.9. The maximum Gasteiger partial charge on any atom is 0.313 e. The summed E-state index contributed by atoms with van der Waals surface area (Å²) in [5.41, 5.74) is 1.10. The summed E-state index contributed by atoms with van der Waals surface area (Å²) >= 11 is 0. The van der Waals surface area contributed by atoms with Crippen LogP contribution in [0, 0.1) is 28.6 Å². The Morgan fingerprint density at radius 3 is 2.96 bits per heavy atom. The van der Waals surface area contributed by atoms with Crippen LogP contribution in [0.15, 0.2) is 23.8 Å². The average molecular weight is 328 g/mol. The topological polar surface area (TPSA) is 52.6 Å². The van der Waals surface area contributed by atoms with E-state index in [0.717, 1.165) is 38.5 Å². The molecule has 24 heavy (non-hydrogen) atoms. The Labute approximate surface area is 142 Å². The number of esters is 2. The van der Waals surface area contributed by atoms with Crippen molar-refractivity contribution in [2.24, 2.45) is 28.6 Å². The summed E-state index contributed by atoms with van der Waals surface area (Å²) in [4.78, 5) is 25.7. The van der Waals surface area contributed by atoms with Gasteiger partial charge in [-0.2, -0.15) is 0 Å². The van der Waals surface area contributed by atoms with Gasteiger partial charge in [0.1, 0.15) is 5.60 Å². The third kappa shape index (κ3) is 1.32. The summed E-state index contributed by atoms with van der Waals surface area (Å²) < 4.78 is 11.4. The molecule has 0 aromatic carbocycles. The van der Waals surface area contributed by atoms with Gasteiger partial charge in [-0.1, -0.05) is 18.2 Å². The number of ether oxygens (including phenoxy) is 2. The van der Waals surface area contributed by atoms with Crippen LogP contribution in [-0.2, 0) is 19.1 Å². The maximum absolute atomic E-state index is 12.9. The first-order chi connectivity index (χ1) is 11.4. The van der Waals surface area contributed by atoms with Crippen molar-refractivity contribution in [3.8, 4) is 0 Å². The molecule has 0 aromatic heterocycles. The zero-order chi connectivity index (χ0) is 16.9. The monoisotopic (exact) mass is 328 g/mol. The van der Waals surface area contributed by atoms with Crippen LogP contribution >= 0.6 is 0 Å². The van der Waals surface area contributed by atoms with E-state index in [9.17, 15) is 9.59 Å². The minimum atomic E-state index is -0.571. The smallest absolute Gasteiger partial charge is 0.313 e. The number of carbonyl (C=O) groups is 2. The van der Waals surface area contributed by atoms with Crippen LogP contribution in [-0.4, -0.2) is 24.6 Å². The second-order valence-corrected chi connectivity index (χ2v) is 8.77. The van der Waals surface area contributed by atoms with Crippen molar-refractivity contribution < 1.29 is 19.1 Å². The first-order valence-corrected chi connectivity index (χ1v) is 9.09. The summed E-state index contributed by atoms with van der Waals surface area (Å²) in [7, 11) is 1.47. The molecular weight excluding hydrogens is 304 g/mol. The Kier molecular flexibility index (Phi) is 2.55. The molecule has 2 unspecified atom stereocenters. The van der Waals surface area contributed by atoms with Crippen molar-refractivity contribution in [2.45, 2.75) is 51.0 Å². The molecule has 4 aliphatic carbocycles. The molecule has 4 nitrogen and oxygen atoms in total. The molecule has 0 amide bonds. The highest BCUT2D eigenvalue weighted by atomic mass is 16.6. The number of allylic oxidation sites excluding steroid dienone is 2. The molecule has 1 saturated heterocycles. The van der Waals surface area contributed by atoms with Gasteiger partial charge in [0, 0.05) is 11.3 Å². The Balaban J connectivity index is 1.78. The zero-order valence-corrected chi connectivity index (χ0v) is 14.4. The van der Waals surface area contributed by atoms with E-state index in [2.05, 4.69) is 12.7 Å². The Morgan fingerprint density at radius 1 is 1.42 bits per heavy atom. The first-order valence-electron chi connectivity index (χ1n) is 9.09. The van der Waals surface area contributed by atoms with Gasteiger partial charge < -0.3 is 9.47 Å². The van der Waals surface area contributed by atoms with Crippen molar-refractivity contribution in [3.05, 3.63) is 23.8 Å². The second-order valence-electron chi connectivity index (χ2n) is 8.77. The van der Waals surface area contributed by atoms with Crippen LogP contribution in [0.3, 0.4) is 0 Å². The molecule has 4 bridgehead atoms. The molecule has 0 aromatic rings. The number of hydrogen-bond donors (Lipinski definition) is 0. The highest BCUT2D eigenvalue weighted by Gasteiger charge is 2.79. The molecule has 5 rings (SSSR count). The number of carbonyl (C=O) groups excluding carboxylic acids is 2. The molecule has 5 aliphatic rings. The van der Waals surface area contributed by atoms with Crippen LogP contribution in [0.1, 0.15) is 45.4 Å². The fourth-order valence-electron chi connectivity index (χ4n) is 7.09. The summed E-state index contributed by atoms with van der Waals surface area (Å²) in [6, 6.07) is 0. The zero-order valence-electron chi connectivity index (χ0n) is 14.4. The van der Waals surface area contributed by atoms with Crippen molar-refractivity contribution in [3.63, 3.8) is 0 Å². The van der Waals surface area contributed by atoms with E-state index in [0.29, 0.717) is 5.92 Å². The molecule has 3 saturated carbocycles. The molecule has 1 heterocycles. The molecule has 128 valence electrons. The van der Waals surface area contributed by atoms with E-state index in [4.69, 9.17) is 9.47 Å². The van der Waals surface area contributed by atoms with Gasteiger partial charge >= 0.3 is 11.9 Å². The Hall–Kier alpha value is -1.58. The highest BCUT2D eigenvalue weighted by molar-refractivity contribution is 5.87. The van der Waals surface area contributed by atoms with Gasteiger partial charge in [0.2, 0.25) is 0 Å². The number of methoxy groups -OCH3 is 1. The van der Waals surface area contributed by atoms with Gasteiger partial charge in [0.05, 0.1) is 18.4 Å². The predicted octanol–water partition coefficient (Wildman–Crippen LogP) is 3.17. The van der Waals surface area contributed by atoms with E-state index >= 15 is 0 Å². The number of rotatable bonds is 1. The van der Waals surface area contributed by atoms with E-state index in [1.807, 2.05) is 6.92 Å². The Bertz CT molecular complexity index is 721. The first kappa shape index (κ1) is 14.7. The fourth-order valence-corrected chi connectivity index (χ4v) is 7.09. The van der Waals surface area contributed by atoms with E-state index in [-0.39, 0.29) is 29.2 Å². The van der Waals surface area contributed by atoms with Crippen LogP contribution < -0.4 is 0 Å². The highest BCUT2D eigenvalue weighted by Crippen LogP contribution is 2.76. The molecule has 1 spiro atoms. The van der Waals surface area contributed by atoms with Crippen molar-refractivity contribution in [1.82, 2.24) is 0 Å². The fraction of sp³-hybridized carbons (Fsp3) is 0.700. The van der Waals surface area contributed by atoms with Gasteiger partial charge in [0.25, 0.3) is 0 Å². The lowest BCUT2D eigenvalue weighted by Crippen LogP contribution is -2.46. The van der Waals surface area contributed by atoms with Crippen LogP contribution in [0.2, 0.25) is 0 Å². The third-order valence-corrected chi connectivity index (χ3v) is 7.89. The lowest BCUT2D eigenvalue weighted by Gasteiger charge is -2.39. The lowest BCUT2D eigenvalue weighted by atomic mass is 9.60. The minimum absolute atomic E-state index is 0.0883. The largest absolute Gasteiger partial charge is 0.469 e. The van der Waals surface area contributed by atoms with Crippen LogP contribution in [0.5, 0.6) is 0 Å². The summed E-state index contributed by atoms with van der Waals surface area (Å²) in [6.45, 7) is 6.29. The van der Waals surface area contributed by atoms with Gasteiger partial charge in [-0.15, -0.1) is 0 Å². The maximum atomic E-state index is 12.9.